The second kappa shape index (κ2) is 8.35. The Hall–Kier alpha value is -3.53. The first-order valence-corrected chi connectivity index (χ1v) is 12.5. The second-order valence-corrected chi connectivity index (χ2v) is 9.80. The summed E-state index contributed by atoms with van der Waals surface area (Å²) in [5.41, 5.74) is 6.78. The van der Waals surface area contributed by atoms with E-state index in [9.17, 15) is 5.11 Å². The molecule has 0 aliphatic heterocycles. The number of ether oxygens (including phenoxy) is 1. The molecule has 0 saturated heterocycles. The maximum Gasteiger partial charge on any atom is 0.294 e. The van der Waals surface area contributed by atoms with E-state index in [1.165, 1.54) is 11.3 Å². The monoisotopic (exact) mass is 487 g/mol. The number of thiazole rings is 1. The molecule has 0 amide bonds. The van der Waals surface area contributed by atoms with E-state index in [2.05, 4.69) is 52.3 Å². The molecular weight excluding hydrogens is 466 g/mol. The van der Waals surface area contributed by atoms with Gasteiger partial charge >= 0.3 is 0 Å². The fraction of sp³-hybridized carbons (Fsp3) is 0.160. The summed E-state index contributed by atoms with van der Waals surface area (Å²) in [5.74, 6) is 0. The van der Waals surface area contributed by atoms with E-state index in [0.717, 1.165) is 54.6 Å². The van der Waals surface area contributed by atoms with Gasteiger partial charge in [-0.25, -0.2) is 14.5 Å². The van der Waals surface area contributed by atoms with Gasteiger partial charge < -0.3 is 14.4 Å². The molecule has 6 aromatic rings. The van der Waals surface area contributed by atoms with Crippen molar-refractivity contribution in [1.82, 2.24) is 24.1 Å². The van der Waals surface area contributed by atoms with Gasteiger partial charge in [-0.2, -0.15) is 0 Å². The molecule has 4 aromatic heterocycles. The van der Waals surface area contributed by atoms with Crippen LogP contribution in [0.3, 0.4) is 0 Å². The average molecular weight is 488 g/mol. The molecule has 9 heteroatoms. The lowest BCUT2D eigenvalue weighted by Crippen LogP contribution is -2.05. The molecule has 0 aliphatic rings. The maximum absolute atomic E-state index is 10.5. The normalized spacial score (nSPS) is 11.6. The third kappa shape index (κ3) is 3.49. The van der Waals surface area contributed by atoms with Crippen molar-refractivity contribution in [3.8, 4) is 27.0 Å². The number of aliphatic hydroxyl groups is 1. The molecule has 0 bridgehead atoms. The third-order valence-corrected chi connectivity index (χ3v) is 7.65. The molecule has 1 N–H and O–H groups in total. The summed E-state index contributed by atoms with van der Waals surface area (Å²) in [7, 11) is 1.60. The van der Waals surface area contributed by atoms with Crippen molar-refractivity contribution in [2.45, 2.75) is 20.1 Å². The standard InChI is InChI=1S/C25H21N5O2S2/c1-15-8-9-20-18(10-15)22(19-12-30-24(27-19)34-25(28-30)32-2)21(13-31)29(20)11-17-14-33-23(26-17)16-6-4-3-5-7-16/h3-10,12,14,31H,11,13H2,1-2H3. The SMILES string of the molecule is COc1nn2cc(-c3c(CO)n(Cc4csc(-c5ccccc5)n4)c4ccc(C)cc34)nc2s1. The van der Waals surface area contributed by atoms with Crippen LogP contribution in [0.25, 0.3) is 37.7 Å². The number of fused-ring (bicyclic) bond motifs is 2. The Morgan fingerprint density at radius 1 is 1.09 bits per heavy atom. The minimum Gasteiger partial charge on any atom is -0.472 e. The predicted molar refractivity (Wildman–Crippen MR) is 136 cm³/mol. The first-order chi connectivity index (χ1) is 16.6. The number of nitrogens with zero attached hydrogens (tertiary/aromatic N) is 5. The van der Waals surface area contributed by atoms with Crippen LogP contribution in [0, 0.1) is 6.92 Å². The van der Waals surface area contributed by atoms with Gasteiger partial charge in [-0.3, -0.25) is 0 Å². The number of methoxy groups -OCH3 is 1. The fourth-order valence-corrected chi connectivity index (χ4v) is 5.81. The highest BCUT2D eigenvalue weighted by Crippen LogP contribution is 2.37. The van der Waals surface area contributed by atoms with Crippen molar-refractivity contribution >= 4 is 38.5 Å². The Morgan fingerprint density at radius 3 is 2.71 bits per heavy atom. The first-order valence-electron chi connectivity index (χ1n) is 10.8. The van der Waals surface area contributed by atoms with Crippen molar-refractivity contribution in [2.24, 2.45) is 0 Å². The molecule has 0 aliphatic carbocycles. The van der Waals surface area contributed by atoms with Crippen molar-refractivity contribution < 1.29 is 9.84 Å². The van der Waals surface area contributed by atoms with Gasteiger partial charge in [0, 0.05) is 27.4 Å². The van der Waals surface area contributed by atoms with Crippen LogP contribution in [0.2, 0.25) is 0 Å². The van der Waals surface area contributed by atoms with E-state index in [-0.39, 0.29) is 6.61 Å². The maximum atomic E-state index is 10.5. The van der Waals surface area contributed by atoms with Gasteiger partial charge in [-0.1, -0.05) is 42.0 Å². The average Bonchev–Trinajstić information content (AvgIpc) is 3.61. The van der Waals surface area contributed by atoms with Crippen molar-refractivity contribution in [3.63, 3.8) is 0 Å². The predicted octanol–water partition coefficient (Wildman–Crippen LogP) is 5.39. The fourth-order valence-electron chi connectivity index (χ4n) is 4.29. The molecular formula is C25H21N5O2S2. The Bertz CT molecular complexity index is 1600. The van der Waals surface area contributed by atoms with E-state index in [1.807, 2.05) is 24.4 Å². The molecule has 6 rings (SSSR count). The van der Waals surface area contributed by atoms with Crippen LogP contribution < -0.4 is 4.74 Å². The molecule has 4 heterocycles. The van der Waals surface area contributed by atoms with Crippen LogP contribution >= 0.6 is 22.7 Å². The Labute approximate surface area is 203 Å². The van der Waals surface area contributed by atoms with Gasteiger partial charge in [0.25, 0.3) is 5.19 Å². The molecule has 2 aromatic carbocycles. The second-order valence-electron chi connectivity index (χ2n) is 8.02. The third-order valence-electron chi connectivity index (χ3n) is 5.82. The molecule has 7 nitrogen and oxygen atoms in total. The Kier molecular flexibility index (Phi) is 5.17. The molecule has 34 heavy (non-hydrogen) atoms. The van der Waals surface area contributed by atoms with Gasteiger partial charge in [0.2, 0.25) is 4.96 Å². The zero-order chi connectivity index (χ0) is 23.2. The Morgan fingerprint density at radius 2 is 1.94 bits per heavy atom. The number of aryl methyl sites for hydroxylation is 1. The molecule has 0 atom stereocenters. The highest BCUT2D eigenvalue weighted by atomic mass is 32.1. The number of benzene rings is 2. The van der Waals surface area contributed by atoms with Gasteiger partial charge in [0.15, 0.2) is 0 Å². The lowest BCUT2D eigenvalue weighted by Gasteiger charge is -2.08. The molecule has 0 fully saturated rings. The van der Waals surface area contributed by atoms with Gasteiger partial charge in [-0.15, -0.1) is 16.4 Å². The molecule has 0 spiro atoms. The van der Waals surface area contributed by atoms with Crippen LogP contribution in [-0.4, -0.2) is 36.4 Å². The van der Waals surface area contributed by atoms with Crippen molar-refractivity contribution in [3.05, 3.63) is 77.1 Å². The number of imidazole rings is 1. The number of aliphatic hydroxyl groups excluding tert-OH is 1. The largest absolute Gasteiger partial charge is 0.472 e. The van der Waals surface area contributed by atoms with E-state index in [1.54, 1.807) is 23.0 Å². The lowest BCUT2D eigenvalue weighted by molar-refractivity contribution is 0.273. The van der Waals surface area contributed by atoms with Crippen LogP contribution in [0.4, 0.5) is 0 Å². The summed E-state index contributed by atoms with van der Waals surface area (Å²) in [5, 5.41) is 19.6. The lowest BCUT2D eigenvalue weighted by atomic mass is 10.1. The smallest absolute Gasteiger partial charge is 0.294 e. The summed E-state index contributed by atoms with van der Waals surface area (Å²) in [6.07, 6.45) is 1.89. The van der Waals surface area contributed by atoms with Crippen molar-refractivity contribution in [1.29, 1.82) is 0 Å². The quantitative estimate of drug-likeness (QED) is 0.341. The van der Waals surface area contributed by atoms with Crippen molar-refractivity contribution in [2.75, 3.05) is 7.11 Å². The summed E-state index contributed by atoms with van der Waals surface area (Å²) in [6.45, 7) is 2.53. The van der Waals surface area contributed by atoms with Gasteiger partial charge in [-0.05, 0) is 30.4 Å². The number of aromatic nitrogens is 5. The number of rotatable bonds is 6. The molecule has 0 unspecified atom stereocenters. The Balaban J connectivity index is 1.48. The highest BCUT2D eigenvalue weighted by Gasteiger charge is 2.22. The van der Waals surface area contributed by atoms with Crippen LogP contribution in [0.5, 0.6) is 5.19 Å². The summed E-state index contributed by atoms with van der Waals surface area (Å²) >= 11 is 3.02. The van der Waals surface area contributed by atoms with Crippen LogP contribution in [-0.2, 0) is 13.2 Å². The zero-order valence-corrected chi connectivity index (χ0v) is 20.2. The highest BCUT2D eigenvalue weighted by molar-refractivity contribution is 7.18. The molecule has 0 radical (unpaired) electrons. The van der Waals surface area contributed by atoms with Crippen LogP contribution in [0.15, 0.2) is 60.1 Å². The van der Waals surface area contributed by atoms with Crippen LogP contribution in [0.1, 0.15) is 17.0 Å². The van der Waals surface area contributed by atoms with E-state index in [4.69, 9.17) is 14.7 Å². The first kappa shape index (κ1) is 21.0. The molecule has 0 saturated carbocycles. The summed E-state index contributed by atoms with van der Waals surface area (Å²) in [4.78, 5) is 10.4. The minimum absolute atomic E-state index is 0.110. The topological polar surface area (TPSA) is 77.5 Å². The minimum atomic E-state index is -0.110. The molecule has 170 valence electrons. The number of hydrogen-bond donors (Lipinski definition) is 1. The summed E-state index contributed by atoms with van der Waals surface area (Å²) < 4.78 is 9.11. The van der Waals surface area contributed by atoms with E-state index in [0.29, 0.717) is 11.7 Å². The zero-order valence-electron chi connectivity index (χ0n) is 18.6. The number of hydrogen-bond acceptors (Lipinski definition) is 7. The van der Waals surface area contributed by atoms with Gasteiger partial charge in [0.1, 0.15) is 5.01 Å². The van der Waals surface area contributed by atoms with E-state index < -0.39 is 0 Å². The van der Waals surface area contributed by atoms with E-state index >= 15 is 0 Å². The summed E-state index contributed by atoms with van der Waals surface area (Å²) in [6, 6.07) is 16.5. The van der Waals surface area contributed by atoms with Gasteiger partial charge in [0.05, 0.1) is 43.5 Å².